The van der Waals surface area contributed by atoms with E-state index in [0.29, 0.717) is 18.8 Å². The van der Waals surface area contributed by atoms with Crippen molar-refractivity contribution in [2.45, 2.75) is 57.4 Å². The fourth-order valence-corrected chi connectivity index (χ4v) is 4.26. The molecule has 1 amide bonds. The summed E-state index contributed by atoms with van der Waals surface area (Å²) in [5.74, 6) is 1.72. The minimum Gasteiger partial charge on any atom is -0.340 e. The number of rotatable bonds is 4. The maximum atomic E-state index is 12.3. The van der Waals surface area contributed by atoms with Crippen LogP contribution in [0.1, 0.15) is 51.4 Å². The van der Waals surface area contributed by atoms with Crippen LogP contribution in [0.4, 0.5) is 0 Å². The molecule has 20 heavy (non-hydrogen) atoms. The zero-order chi connectivity index (χ0) is 14.1. The molecule has 0 aliphatic heterocycles. The van der Waals surface area contributed by atoms with Crippen molar-refractivity contribution >= 4 is 11.7 Å². The monoisotopic (exact) mass is 274 g/mol. The Morgan fingerprint density at radius 1 is 1.30 bits per heavy atom. The predicted molar refractivity (Wildman–Crippen MR) is 73.4 cm³/mol. The van der Waals surface area contributed by atoms with Gasteiger partial charge < -0.3 is 5.32 Å². The summed E-state index contributed by atoms with van der Waals surface area (Å²) in [6.07, 6.45) is 7.53. The van der Waals surface area contributed by atoms with E-state index in [1.807, 2.05) is 0 Å². The van der Waals surface area contributed by atoms with Crippen molar-refractivity contribution in [2.75, 3.05) is 0 Å². The van der Waals surface area contributed by atoms with Crippen LogP contribution >= 0.6 is 0 Å². The minimum atomic E-state index is -0.492. The van der Waals surface area contributed by atoms with Gasteiger partial charge in [0, 0.05) is 18.3 Å². The van der Waals surface area contributed by atoms with Gasteiger partial charge in [-0.1, -0.05) is 0 Å². The molecule has 0 aromatic carbocycles. The second kappa shape index (κ2) is 5.55. The molecule has 0 aromatic rings. The van der Waals surface area contributed by atoms with E-state index in [9.17, 15) is 14.9 Å². The molecule has 0 aromatic heterocycles. The van der Waals surface area contributed by atoms with Gasteiger partial charge in [0.1, 0.15) is 11.8 Å². The van der Waals surface area contributed by atoms with Gasteiger partial charge in [-0.05, 0) is 56.8 Å². The Bertz CT molecular complexity index is 454. The average Bonchev–Trinajstić information content (AvgIpc) is 2.92. The largest absolute Gasteiger partial charge is 0.340 e. The van der Waals surface area contributed by atoms with E-state index >= 15 is 0 Å². The van der Waals surface area contributed by atoms with Gasteiger partial charge in [-0.3, -0.25) is 9.59 Å². The van der Waals surface area contributed by atoms with Crippen molar-refractivity contribution in [3.63, 3.8) is 0 Å². The summed E-state index contributed by atoms with van der Waals surface area (Å²) in [5, 5.41) is 12.1. The number of hydrogen-bond acceptors (Lipinski definition) is 3. The molecule has 0 heterocycles. The van der Waals surface area contributed by atoms with Crippen molar-refractivity contribution in [3.05, 3.63) is 0 Å². The Balaban J connectivity index is 1.53. The SMILES string of the molecule is N#C[C@H](C[C@@H]1CCCC1=O)NC(=O)[C@H]1CC[C@@H]2CCC21. The topological polar surface area (TPSA) is 70.0 Å². The standard InChI is InChI=1S/C16H22N2O2/c17-9-12(8-11-2-1-3-15(11)19)18-16(20)14-7-5-10-4-6-13(10)14/h10-14H,1-8H2,(H,18,20)/t10-,11-,12-,13?,14-/m0/s1. The molecule has 4 heteroatoms. The lowest BCUT2D eigenvalue weighted by Gasteiger charge is -2.33. The Hall–Kier alpha value is -1.37. The van der Waals surface area contributed by atoms with Crippen LogP contribution in [0.25, 0.3) is 0 Å². The third-order valence-corrected chi connectivity index (χ3v) is 5.60. The third-order valence-electron chi connectivity index (χ3n) is 5.60. The summed E-state index contributed by atoms with van der Waals surface area (Å²) in [6.45, 7) is 0. The first-order valence-corrected chi connectivity index (χ1v) is 7.91. The van der Waals surface area contributed by atoms with Crippen molar-refractivity contribution in [2.24, 2.45) is 23.7 Å². The summed E-state index contributed by atoms with van der Waals surface area (Å²) < 4.78 is 0. The number of fused-ring (bicyclic) bond motifs is 1. The quantitative estimate of drug-likeness (QED) is 0.854. The van der Waals surface area contributed by atoms with Gasteiger partial charge in [0.05, 0.1) is 6.07 Å². The van der Waals surface area contributed by atoms with E-state index in [4.69, 9.17) is 0 Å². The summed E-state index contributed by atoms with van der Waals surface area (Å²) >= 11 is 0. The molecule has 3 aliphatic rings. The number of ketones is 1. The molecule has 5 atom stereocenters. The summed E-state index contributed by atoms with van der Waals surface area (Å²) in [7, 11) is 0. The van der Waals surface area contributed by atoms with E-state index in [0.717, 1.165) is 25.2 Å². The number of nitrogens with zero attached hydrogens (tertiary/aromatic N) is 1. The van der Waals surface area contributed by atoms with Crippen molar-refractivity contribution < 1.29 is 9.59 Å². The van der Waals surface area contributed by atoms with Crippen LogP contribution < -0.4 is 5.32 Å². The van der Waals surface area contributed by atoms with Gasteiger partial charge in [-0.25, -0.2) is 0 Å². The van der Waals surface area contributed by atoms with Crippen molar-refractivity contribution in [3.8, 4) is 6.07 Å². The molecule has 3 fully saturated rings. The number of hydrogen-bond donors (Lipinski definition) is 1. The molecular weight excluding hydrogens is 252 g/mol. The van der Waals surface area contributed by atoms with E-state index in [-0.39, 0.29) is 23.5 Å². The molecule has 4 nitrogen and oxygen atoms in total. The molecule has 108 valence electrons. The lowest BCUT2D eigenvalue weighted by molar-refractivity contribution is -0.128. The highest BCUT2D eigenvalue weighted by molar-refractivity contribution is 5.83. The van der Waals surface area contributed by atoms with E-state index in [1.54, 1.807) is 0 Å². The lowest BCUT2D eigenvalue weighted by atomic mass is 9.72. The van der Waals surface area contributed by atoms with Gasteiger partial charge in [0.25, 0.3) is 0 Å². The molecule has 3 aliphatic carbocycles. The van der Waals surface area contributed by atoms with E-state index in [1.165, 1.54) is 19.3 Å². The number of amides is 1. The van der Waals surface area contributed by atoms with Crippen molar-refractivity contribution in [1.29, 1.82) is 5.26 Å². The lowest BCUT2D eigenvalue weighted by Crippen LogP contribution is -2.42. The average molecular weight is 274 g/mol. The molecule has 3 saturated carbocycles. The molecule has 0 radical (unpaired) electrons. The molecule has 3 rings (SSSR count). The van der Waals surface area contributed by atoms with Gasteiger partial charge in [-0.2, -0.15) is 5.26 Å². The number of carbonyl (C=O) groups is 2. The normalized spacial score (nSPS) is 36.9. The van der Waals surface area contributed by atoms with Gasteiger partial charge in [-0.15, -0.1) is 0 Å². The molecular formula is C16H22N2O2. The fourth-order valence-electron chi connectivity index (χ4n) is 4.26. The van der Waals surface area contributed by atoms with Gasteiger partial charge >= 0.3 is 0 Å². The molecule has 1 unspecified atom stereocenters. The zero-order valence-corrected chi connectivity index (χ0v) is 11.8. The number of carbonyl (C=O) groups excluding carboxylic acids is 2. The Morgan fingerprint density at radius 2 is 2.10 bits per heavy atom. The fraction of sp³-hybridized carbons (Fsp3) is 0.812. The Kier molecular flexibility index (Phi) is 3.78. The highest BCUT2D eigenvalue weighted by atomic mass is 16.2. The van der Waals surface area contributed by atoms with E-state index < -0.39 is 6.04 Å². The number of Topliss-reactive ketones (excluding diaryl/α,β-unsaturated/α-hetero) is 1. The number of nitrogens with one attached hydrogen (secondary N) is 1. The van der Waals surface area contributed by atoms with Crippen LogP contribution in [-0.4, -0.2) is 17.7 Å². The maximum Gasteiger partial charge on any atom is 0.224 e. The van der Waals surface area contributed by atoms with Crippen LogP contribution in [0, 0.1) is 35.0 Å². The van der Waals surface area contributed by atoms with Crippen LogP contribution in [0.3, 0.4) is 0 Å². The highest BCUT2D eigenvalue weighted by Crippen LogP contribution is 2.50. The first kappa shape index (κ1) is 13.6. The number of nitriles is 1. The predicted octanol–water partition coefficient (Wildman–Crippen LogP) is 2.19. The Labute approximate surface area is 119 Å². The van der Waals surface area contributed by atoms with Crippen molar-refractivity contribution in [1.82, 2.24) is 5.32 Å². The van der Waals surface area contributed by atoms with Gasteiger partial charge in [0.15, 0.2) is 0 Å². The van der Waals surface area contributed by atoms with E-state index in [2.05, 4.69) is 11.4 Å². The maximum absolute atomic E-state index is 12.3. The summed E-state index contributed by atoms with van der Waals surface area (Å²) in [5.41, 5.74) is 0. The molecule has 1 N–H and O–H groups in total. The first-order valence-electron chi connectivity index (χ1n) is 7.91. The zero-order valence-electron chi connectivity index (χ0n) is 11.8. The van der Waals surface area contributed by atoms with Crippen LogP contribution in [0.15, 0.2) is 0 Å². The minimum absolute atomic E-state index is 0.0139. The van der Waals surface area contributed by atoms with Crippen LogP contribution in [-0.2, 0) is 9.59 Å². The molecule has 0 saturated heterocycles. The van der Waals surface area contributed by atoms with Crippen LogP contribution in [0.5, 0.6) is 0 Å². The first-order chi connectivity index (χ1) is 9.69. The summed E-state index contributed by atoms with van der Waals surface area (Å²) in [4.78, 5) is 24.0. The smallest absolute Gasteiger partial charge is 0.224 e. The molecule has 0 spiro atoms. The Morgan fingerprint density at radius 3 is 2.65 bits per heavy atom. The summed E-state index contributed by atoms with van der Waals surface area (Å²) in [6, 6.07) is 1.67. The van der Waals surface area contributed by atoms with Crippen LogP contribution in [0.2, 0.25) is 0 Å². The second-order valence-electron chi connectivity index (χ2n) is 6.67. The third kappa shape index (κ3) is 2.46. The highest BCUT2D eigenvalue weighted by Gasteiger charge is 2.45. The van der Waals surface area contributed by atoms with Gasteiger partial charge in [0.2, 0.25) is 5.91 Å². The molecule has 0 bridgehead atoms. The second-order valence-corrected chi connectivity index (χ2v) is 6.67.